The maximum Gasteiger partial charge on any atom is 0.458 e. The number of sulfonamides is 1. The van der Waals surface area contributed by atoms with E-state index < -0.39 is 28.3 Å². The molecule has 1 aromatic heterocycles. The van der Waals surface area contributed by atoms with Crippen molar-refractivity contribution in [3.05, 3.63) is 88.4 Å². The van der Waals surface area contributed by atoms with E-state index in [1.807, 2.05) is 64.1 Å². The highest BCUT2D eigenvalue weighted by atomic mass is 35.5. The fraction of sp³-hybridized carbons (Fsp3) is 0.432. The van der Waals surface area contributed by atoms with E-state index in [9.17, 15) is 13.2 Å². The molecule has 1 N–H and O–H groups in total. The summed E-state index contributed by atoms with van der Waals surface area (Å²) in [5.74, 6) is -0.0236. The Morgan fingerprint density at radius 3 is 2.29 bits per heavy atom. The van der Waals surface area contributed by atoms with Crippen LogP contribution in [0.15, 0.2) is 71.1 Å². The summed E-state index contributed by atoms with van der Waals surface area (Å²) in [7, 11) is -2.75. The first-order valence-corrected chi connectivity index (χ1v) is 18.9. The smallest absolute Gasteiger partial charge is 0.455 e. The van der Waals surface area contributed by atoms with Crippen molar-refractivity contribution in [2.75, 3.05) is 30.8 Å². The van der Waals surface area contributed by atoms with Gasteiger partial charge in [-0.25, -0.2) is 8.42 Å². The van der Waals surface area contributed by atoms with E-state index in [1.54, 1.807) is 37.4 Å². The number of halogens is 1. The second-order valence-corrected chi connectivity index (χ2v) is 16.5. The Hall–Kier alpha value is -3.35. The van der Waals surface area contributed by atoms with Crippen LogP contribution in [0.3, 0.4) is 0 Å². The topological polar surface area (TPSA) is 107 Å². The number of amides is 1. The molecule has 1 unspecified atom stereocenters. The van der Waals surface area contributed by atoms with Gasteiger partial charge in [-0.05, 0) is 100 Å². The van der Waals surface area contributed by atoms with Gasteiger partial charge in [0, 0.05) is 35.6 Å². The third kappa shape index (κ3) is 7.71. The van der Waals surface area contributed by atoms with Gasteiger partial charge in [0.25, 0.3) is 5.91 Å². The Morgan fingerprint density at radius 1 is 1.04 bits per heavy atom. The molecule has 0 spiro atoms. The third-order valence-corrected chi connectivity index (χ3v) is 11.2. The molecule has 1 saturated heterocycles. The van der Waals surface area contributed by atoms with E-state index in [-0.39, 0.29) is 30.9 Å². The molecule has 3 aromatic carbocycles. The summed E-state index contributed by atoms with van der Waals surface area (Å²) < 4.78 is 54.2. The van der Waals surface area contributed by atoms with Gasteiger partial charge in [-0.15, -0.1) is 0 Å². The van der Waals surface area contributed by atoms with E-state index in [0.717, 1.165) is 24.0 Å². The lowest BCUT2D eigenvalue weighted by Gasteiger charge is -2.32. The number of rotatable bonds is 13. The third-order valence-electron chi connectivity index (χ3n) is 9.80. The Bertz CT molecular complexity index is 1910. The van der Waals surface area contributed by atoms with Crippen LogP contribution in [0.2, 0.25) is 11.3 Å². The van der Waals surface area contributed by atoms with Gasteiger partial charge in [0.05, 0.1) is 41.9 Å². The normalized spacial score (nSPS) is 17.7. The van der Waals surface area contributed by atoms with Crippen LogP contribution in [0.25, 0.3) is 22.3 Å². The highest BCUT2D eigenvalue weighted by molar-refractivity contribution is 7.92. The molecular weight excluding hydrogens is 663 g/mol. The number of furan rings is 1. The lowest BCUT2D eigenvalue weighted by molar-refractivity contribution is 0.00578. The minimum absolute atomic E-state index is 0.135. The Balaban J connectivity index is 1.39. The van der Waals surface area contributed by atoms with Crippen LogP contribution in [-0.2, 0) is 30.7 Å². The molecule has 0 bridgehead atoms. The SMILES string of the molecule is CNC(=O)c1c(-c2ccc(Cl)cc2)oc2cc(N(CC(COCc3ccccc3)CB3OC(C)(C)C(C)(C)O3)S(C)(=O)=O)c(C3CC3)cc12. The van der Waals surface area contributed by atoms with Crippen LogP contribution < -0.4 is 9.62 Å². The number of anilines is 1. The van der Waals surface area contributed by atoms with Crippen molar-refractivity contribution in [2.24, 2.45) is 5.92 Å². The van der Waals surface area contributed by atoms with Crippen molar-refractivity contribution in [3.63, 3.8) is 0 Å². The average molecular weight is 707 g/mol. The van der Waals surface area contributed by atoms with Crippen molar-refractivity contribution in [3.8, 4) is 11.3 Å². The van der Waals surface area contributed by atoms with E-state index in [1.165, 1.54) is 10.6 Å². The molecule has 6 rings (SSSR count). The number of nitrogens with one attached hydrogen (secondary N) is 1. The predicted molar refractivity (Wildman–Crippen MR) is 195 cm³/mol. The first kappa shape index (κ1) is 35.5. The number of nitrogens with zero attached hydrogens (tertiary/aromatic N) is 1. The largest absolute Gasteiger partial charge is 0.458 e. The van der Waals surface area contributed by atoms with Crippen molar-refractivity contribution >= 4 is 51.3 Å². The second-order valence-electron chi connectivity index (χ2n) is 14.2. The first-order chi connectivity index (χ1) is 23.2. The lowest BCUT2D eigenvalue weighted by atomic mass is 9.77. The molecule has 1 aliphatic heterocycles. The maximum absolute atomic E-state index is 13.7. The summed E-state index contributed by atoms with van der Waals surface area (Å²) in [6.07, 6.45) is 3.49. The summed E-state index contributed by atoms with van der Waals surface area (Å²) in [5, 5.41) is 3.93. The van der Waals surface area contributed by atoms with Crippen LogP contribution in [-0.4, -0.2) is 59.1 Å². The predicted octanol–water partition coefficient (Wildman–Crippen LogP) is 7.68. The van der Waals surface area contributed by atoms with Gasteiger partial charge in [-0.1, -0.05) is 41.9 Å². The minimum atomic E-state index is -3.79. The lowest BCUT2D eigenvalue weighted by Crippen LogP contribution is -2.41. The number of benzene rings is 3. The van der Waals surface area contributed by atoms with Crippen molar-refractivity contribution in [1.82, 2.24) is 5.32 Å². The number of ether oxygens (including phenoxy) is 1. The van der Waals surface area contributed by atoms with E-state index in [2.05, 4.69) is 5.32 Å². The van der Waals surface area contributed by atoms with Crippen molar-refractivity contribution in [1.29, 1.82) is 0 Å². The molecule has 1 aliphatic carbocycles. The van der Waals surface area contributed by atoms with Gasteiger partial charge in [0.2, 0.25) is 10.0 Å². The zero-order valence-electron chi connectivity index (χ0n) is 28.9. The van der Waals surface area contributed by atoms with Crippen LogP contribution in [0.5, 0.6) is 0 Å². The first-order valence-electron chi connectivity index (χ1n) is 16.7. The quantitative estimate of drug-likeness (QED) is 0.142. The van der Waals surface area contributed by atoms with Gasteiger partial charge in [-0.3, -0.25) is 9.10 Å². The standard InChI is InChI=1S/C37H44BClN2O7S/c1-36(2)37(3,4)48-38(47-36)20-25(23-45-22-24-10-8-7-9-11-24)21-41(49(6,43)44)31-19-32-30(18-29(31)26-12-13-26)33(35(42)40-5)34(46-32)27-14-16-28(39)17-15-27/h7-11,14-19,25-26H,12-13,20-23H2,1-6H3,(H,40,42). The molecule has 2 heterocycles. The fourth-order valence-corrected chi connectivity index (χ4v) is 7.46. The van der Waals surface area contributed by atoms with E-state index >= 15 is 0 Å². The monoisotopic (exact) mass is 706 g/mol. The van der Waals surface area contributed by atoms with E-state index in [0.29, 0.717) is 51.5 Å². The molecule has 9 nitrogen and oxygen atoms in total. The molecule has 2 aliphatic rings. The molecule has 12 heteroatoms. The fourth-order valence-electron chi connectivity index (χ4n) is 6.33. The Morgan fingerprint density at radius 2 is 1.69 bits per heavy atom. The molecule has 260 valence electrons. The molecule has 1 atom stereocenters. The van der Waals surface area contributed by atoms with Gasteiger partial charge in [-0.2, -0.15) is 0 Å². The summed E-state index contributed by atoms with van der Waals surface area (Å²) in [4.78, 5) is 13.3. The summed E-state index contributed by atoms with van der Waals surface area (Å²) in [5.41, 5.74) is 2.87. The van der Waals surface area contributed by atoms with Crippen LogP contribution >= 0.6 is 11.6 Å². The minimum Gasteiger partial charge on any atom is -0.455 e. The van der Waals surface area contributed by atoms with Crippen molar-refractivity contribution < 1.29 is 31.7 Å². The molecule has 1 saturated carbocycles. The molecule has 0 radical (unpaired) electrons. The van der Waals surface area contributed by atoms with E-state index in [4.69, 9.17) is 30.1 Å². The number of carbonyl (C=O) groups excluding carboxylic acids is 1. The van der Waals surface area contributed by atoms with Crippen LogP contribution in [0.1, 0.15) is 67.9 Å². The zero-order valence-corrected chi connectivity index (χ0v) is 30.5. The van der Waals surface area contributed by atoms with Crippen LogP contribution in [0.4, 0.5) is 5.69 Å². The summed E-state index contributed by atoms with van der Waals surface area (Å²) >= 11 is 6.16. The van der Waals surface area contributed by atoms with Crippen LogP contribution in [0, 0.1) is 5.92 Å². The number of hydrogen-bond acceptors (Lipinski definition) is 7. The maximum atomic E-state index is 13.7. The Kier molecular flexibility index (Phi) is 9.96. The zero-order chi connectivity index (χ0) is 35.1. The van der Waals surface area contributed by atoms with Gasteiger partial charge >= 0.3 is 7.12 Å². The summed E-state index contributed by atoms with van der Waals surface area (Å²) in [6, 6.07) is 20.7. The highest BCUT2D eigenvalue weighted by Gasteiger charge is 2.51. The molecule has 1 amide bonds. The number of carbonyl (C=O) groups is 1. The number of hydrogen-bond donors (Lipinski definition) is 1. The van der Waals surface area contributed by atoms with Gasteiger partial charge < -0.3 is 23.8 Å². The average Bonchev–Trinajstić information content (AvgIpc) is 3.78. The molecular formula is C37H44BClN2O7S. The second kappa shape index (κ2) is 13.8. The van der Waals surface area contributed by atoms with Gasteiger partial charge in [0.1, 0.15) is 11.3 Å². The van der Waals surface area contributed by atoms with Gasteiger partial charge in [0.15, 0.2) is 0 Å². The van der Waals surface area contributed by atoms with Crippen molar-refractivity contribution in [2.45, 2.75) is 70.6 Å². The highest BCUT2D eigenvalue weighted by Crippen LogP contribution is 2.48. The molecule has 49 heavy (non-hydrogen) atoms. The molecule has 4 aromatic rings. The molecule has 2 fully saturated rings. The summed E-state index contributed by atoms with van der Waals surface area (Å²) in [6.45, 7) is 8.82. The number of fused-ring (bicyclic) bond motifs is 1. The Labute approximate surface area is 294 Å².